The first-order chi connectivity index (χ1) is 13.1. The summed E-state index contributed by atoms with van der Waals surface area (Å²) in [7, 11) is 1.22. The summed E-state index contributed by atoms with van der Waals surface area (Å²) in [5, 5.41) is 2.57. The number of halogens is 4. The van der Waals surface area contributed by atoms with Gasteiger partial charge in [-0.3, -0.25) is 4.79 Å². The van der Waals surface area contributed by atoms with E-state index in [-0.39, 0.29) is 27.8 Å². The number of methoxy groups -OCH3 is 1. The zero-order chi connectivity index (χ0) is 20.9. The minimum atomic E-state index is -4.53. The first-order valence-corrected chi connectivity index (χ1v) is 8.14. The van der Waals surface area contributed by atoms with Crippen LogP contribution < -0.4 is 10.1 Å². The number of carbonyl (C=O) groups is 2. The van der Waals surface area contributed by atoms with Crippen molar-refractivity contribution in [3.63, 3.8) is 0 Å². The quantitative estimate of drug-likeness (QED) is 0.548. The Bertz CT molecular complexity index is 905. The van der Waals surface area contributed by atoms with E-state index in [1.807, 2.05) is 0 Å². The highest BCUT2D eigenvalue weighted by molar-refractivity contribution is 6.31. The molecule has 0 bridgehead atoms. The summed E-state index contributed by atoms with van der Waals surface area (Å²) in [4.78, 5) is 23.6. The van der Waals surface area contributed by atoms with E-state index in [0.717, 1.165) is 6.08 Å². The fraction of sp³-hybridized carbons (Fsp3) is 0.222. The van der Waals surface area contributed by atoms with Gasteiger partial charge in [0.05, 0.1) is 12.8 Å². The lowest BCUT2D eigenvalue weighted by Crippen LogP contribution is -2.20. The molecule has 1 N–H and O–H groups in total. The molecular weight excluding hydrogens is 403 g/mol. The average molecular weight is 418 g/mol. The minimum Gasteiger partial charge on any atom is -0.482 e. The minimum absolute atomic E-state index is 0.0303. The maximum Gasteiger partial charge on any atom is 0.422 e. The molecule has 150 valence electrons. The highest BCUT2D eigenvalue weighted by Gasteiger charge is 2.29. The first kappa shape index (κ1) is 21.4. The lowest BCUT2D eigenvalue weighted by molar-refractivity contribution is -0.153. The van der Waals surface area contributed by atoms with E-state index in [4.69, 9.17) is 16.0 Å². The Morgan fingerprint density at radius 1 is 1.29 bits per heavy atom. The second kappa shape index (κ2) is 8.83. The summed E-state index contributed by atoms with van der Waals surface area (Å²) in [5.74, 6) is -0.925. The fourth-order valence-corrected chi connectivity index (χ4v) is 2.29. The first-order valence-electron chi connectivity index (χ1n) is 7.76. The van der Waals surface area contributed by atoms with Crippen LogP contribution in [0.15, 0.2) is 34.8 Å². The van der Waals surface area contributed by atoms with Gasteiger partial charge >= 0.3 is 12.1 Å². The van der Waals surface area contributed by atoms with Gasteiger partial charge in [0, 0.05) is 11.1 Å². The smallest absolute Gasteiger partial charge is 0.422 e. The summed E-state index contributed by atoms with van der Waals surface area (Å²) < 4.78 is 51.6. The Balaban J connectivity index is 2.11. The van der Waals surface area contributed by atoms with Crippen LogP contribution in [0.2, 0.25) is 5.02 Å². The van der Waals surface area contributed by atoms with Crippen LogP contribution in [0, 0.1) is 6.92 Å². The van der Waals surface area contributed by atoms with Gasteiger partial charge in [0.2, 0.25) is 5.91 Å². The zero-order valence-electron chi connectivity index (χ0n) is 14.7. The Kier molecular flexibility index (Phi) is 6.74. The number of alkyl halides is 3. The molecule has 10 heteroatoms. The van der Waals surface area contributed by atoms with Gasteiger partial charge in [-0.2, -0.15) is 13.2 Å². The second-order valence-corrected chi connectivity index (χ2v) is 5.91. The molecule has 1 aromatic carbocycles. The number of rotatable bonds is 6. The molecule has 1 amide bonds. The molecule has 0 aliphatic rings. The maximum atomic E-state index is 12.3. The number of carbonyl (C=O) groups excluding carboxylic acids is 2. The molecule has 6 nitrogen and oxygen atoms in total. The molecule has 0 radical (unpaired) electrons. The van der Waals surface area contributed by atoms with Gasteiger partial charge < -0.3 is 19.2 Å². The van der Waals surface area contributed by atoms with Crippen molar-refractivity contribution in [3.05, 3.63) is 52.4 Å². The monoisotopic (exact) mass is 417 g/mol. The predicted octanol–water partition coefficient (Wildman–Crippen LogP) is 4.62. The molecule has 2 aromatic rings. The van der Waals surface area contributed by atoms with Crippen LogP contribution >= 0.6 is 11.6 Å². The number of hydrogen-bond acceptors (Lipinski definition) is 5. The van der Waals surface area contributed by atoms with Crippen LogP contribution in [0.4, 0.5) is 18.9 Å². The van der Waals surface area contributed by atoms with Crippen LogP contribution in [-0.4, -0.2) is 31.8 Å². The SMILES string of the molecule is COC(=O)c1cc(C=CC(=O)Nc2cc(Cl)ccc2OCC(F)(F)F)oc1C. The van der Waals surface area contributed by atoms with Gasteiger partial charge in [-0.1, -0.05) is 11.6 Å². The third-order valence-corrected chi connectivity index (χ3v) is 3.57. The van der Waals surface area contributed by atoms with Crippen molar-refractivity contribution in [2.75, 3.05) is 19.0 Å². The number of benzene rings is 1. The number of amides is 1. The lowest BCUT2D eigenvalue weighted by atomic mass is 10.2. The van der Waals surface area contributed by atoms with E-state index in [0.29, 0.717) is 5.76 Å². The highest BCUT2D eigenvalue weighted by atomic mass is 35.5. The number of ether oxygens (including phenoxy) is 2. The Labute approximate surface area is 162 Å². The topological polar surface area (TPSA) is 77.8 Å². The molecular formula is C18H15ClF3NO5. The Morgan fingerprint density at radius 3 is 2.64 bits per heavy atom. The van der Waals surface area contributed by atoms with Gasteiger partial charge in [0.15, 0.2) is 6.61 Å². The van der Waals surface area contributed by atoms with Crippen LogP contribution in [0.5, 0.6) is 5.75 Å². The van der Waals surface area contributed by atoms with Gasteiger partial charge in [-0.25, -0.2) is 4.79 Å². The summed E-state index contributed by atoms with van der Waals surface area (Å²) in [6.45, 7) is 0.0369. The number of furan rings is 1. The Morgan fingerprint density at radius 2 is 2.00 bits per heavy atom. The summed E-state index contributed by atoms with van der Waals surface area (Å²) in [6.07, 6.45) is -2.17. The summed E-state index contributed by atoms with van der Waals surface area (Å²) >= 11 is 5.82. The molecule has 0 fully saturated rings. The number of aryl methyl sites for hydroxylation is 1. The molecule has 2 rings (SSSR count). The number of hydrogen-bond donors (Lipinski definition) is 1. The molecule has 0 unspecified atom stereocenters. The van der Waals surface area contributed by atoms with Crippen LogP contribution in [-0.2, 0) is 9.53 Å². The average Bonchev–Trinajstić information content (AvgIpc) is 2.98. The van der Waals surface area contributed by atoms with Gasteiger partial charge in [0.25, 0.3) is 0 Å². The summed E-state index contributed by atoms with van der Waals surface area (Å²) in [5.41, 5.74) is 0.178. The largest absolute Gasteiger partial charge is 0.482 e. The van der Waals surface area contributed by atoms with Crippen molar-refractivity contribution in [1.29, 1.82) is 0 Å². The maximum absolute atomic E-state index is 12.3. The third-order valence-electron chi connectivity index (χ3n) is 3.33. The molecule has 0 aliphatic carbocycles. The normalized spacial score (nSPS) is 11.5. The van der Waals surface area contributed by atoms with E-state index >= 15 is 0 Å². The van der Waals surface area contributed by atoms with E-state index < -0.39 is 24.7 Å². The van der Waals surface area contributed by atoms with E-state index in [1.165, 1.54) is 37.5 Å². The molecule has 0 aliphatic heterocycles. The van der Waals surface area contributed by atoms with Gasteiger partial charge in [-0.15, -0.1) is 0 Å². The number of anilines is 1. The van der Waals surface area contributed by atoms with Crippen LogP contribution in [0.25, 0.3) is 6.08 Å². The van der Waals surface area contributed by atoms with Crippen molar-refractivity contribution in [3.8, 4) is 5.75 Å². The van der Waals surface area contributed by atoms with Crippen molar-refractivity contribution >= 4 is 35.2 Å². The van der Waals surface area contributed by atoms with Crippen molar-refractivity contribution in [1.82, 2.24) is 0 Å². The predicted molar refractivity (Wildman–Crippen MR) is 95.5 cm³/mol. The molecule has 0 atom stereocenters. The second-order valence-electron chi connectivity index (χ2n) is 5.48. The molecule has 1 aromatic heterocycles. The zero-order valence-corrected chi connectivity index (χ0v) is 15.5. The van der Waals surface area contributed by atoms with Crippen LogP contribution in [0.1, 0.15) is 21.9 Å². The number of nitrogens with one attached hydrogen (secondary N) is 1. The van der Waals surface area contributed by atoms with E-state index in [1.54, 1.807) is 6.92 Å². The van der Waals surface area contributed by atoms with Gasteiger partial charge in [0.1, 0.15) is 22.8 Å². The fourth-order valence-electron chi connectivity index (χ4n) is 2.12. The van der Waals surface area contributed by atoms with E-state index in [2.05, 4.69) is 14.8 Å². The van der Waals surface area contributed by atoms with Crippen molar-refractivity contribution in [2.45, 2.75) is 13.1 Å². The highest BCUT2D eigenvalue weighted by Crippen LogP contribution is 2.29. The molecule has 0 saturated carbocycles. The standard InChI is InChI=1S/C18H15ClF3NO5/c1-10-13(17(25)26-2)8-12(28-10)4-6-16(24)23-14-7-11(19)3-5-15(14)27-9-18(20,21)22/h3-8H,9H2,1-2H3,(H,23,24). The van der Waals surface area contributed by atoms with Gasteiger partial charge in [-0.05, 0) is 37.3 Å². The third kappa shape index (κ3) is 6.05. The molecule has 0 spiro atoms. The summed E-state index contributed by atoms with van der Waals surface area (Å²) in [6, 6.07) is 5.19. The lowest BCUT2D eigenvalue weighted by Gasteiger charge is -2.13. The molecule has 28 heavy (non-hydrogen) atoms. The van der Waals surface area contributed by atoms with Crippen molar-refractivity contribution < 1.29 is 36.7 Å². The molecule has 1 heterocycles. The van der Waals surface area contributed by atoms with Crippen molar-refractivity contribution in [2.24, 2.45) is 0 Å². The van der Waals surface area contributed by atoms with E-state index in [9.17, 15) is 22.8 Å². The number of esters is 1. The molecule has 0 saturated heterocycles. The van der Waals surface area contributed by atoms with Crippen LogP contribution in [0.3, 0.4) is 0 Å². The Hall–Kier alpha value is -2.94.